The van der Waals surface area contributed by atoms with E-state index in [-0.39, 0.29) is 22.2 Å². The molecular weight excluding hydrogens is 1000 g/mol. The lowest BCUT2D eigenvalue weighted by Gasteiger charge is -2.88. The molecule has 2 N–H and O–H groups in total. The molecule has 4 heterocycles. The molecule has 0 saturated carbocycles. The van der Waals surface area contributed by atoms with Crippen molar-refractivity contribution in [3.8, 4) is 0 Å². The minimum atomic E-state index is -3.30. The zero-order valence-corrected chi connectivity index (χ0v) is 57.2. The number of fused-ring (bicyclic) bond motifs is 3. The molecule has 4 aromatic carbocycles. The van der Waals surface area contributed by atoms with E-state index in [9.17, 15) is 0 Å². The maximum Gasteiger partial charge on any atom is 0.563 e. The quantitative estimate of drug-likeness (QED) is 0.138. The van der Waals surface area contributed by atoms with Crippen LogP contribution in [0.3, 0.4) is 0 Å². The first-order valence-electron chi connectivity index (χ1n) is 28.4. The van der Waals surface area contributed by atoms with Gasteiger partial charge >= 0.3 is 31.0 Å². The summed E-state index contributed by atoms with van der Waals surface area (Å²) >= 11 is 0. The van der Waals surface area contributed by atoms with Crippen molar-refractivity contribution in [3.63, 3.8) is 0 Å². The summed E-state index contributed by atoms with van der Waals surface area (Å²) in [5.41, 5.74) is 10.5. The fourth-order valence-electron chi connectivity index (χ4n) is 14.7. The number of amidine groups is 2. The summed E-state index contributed by atoms with van der Waals surface area (Å²) < 4.78 is 19.9. The number of rotatable bonds is 12. The van der Waals surface area contributed by atoms with Crippen LogP contribution in [-0.2, 0) is 0 Å². The van der Waals surface area contributed by atoms with Crippen molar-refractivity contribution >= 4 is 70.5 Å². The zero-order valence-electron chi connectivity index (χ0n) is 51.2. The van der Waals surface area contributed by atoms with Crippen molar-refractivity contribution in [1.82, 2.24) is 16.9 Å². The molecule has 0 radical (unpaired) electrons. The van der Waals surface area contributed by atoms with Crippen LogP contribution in [0.15, 0.2) is 97.1 Å². The second kappa shape index (κ2) is 18.1. The number of hydrogen-bond acceptors (Lipinski definition) is 6. The molecule has 0 unspecified atom stereocenters. The Labute approximate surface area is 457 Å². The predicted octanol–water partition coefficient (Wildman–Crippen LogP) is 14.7. The zero-order chi connectivity index (χ0) is 55.3. The van der Waals surface area contributed by atoms with Gasteiger partial charge in [-0.05, 0) is 153 Å². The van der Waals surface area contributed by atoms with E-state index >= 15 is 0 Å². The molecule has 2 fully saturated rings. The topological polar surface area (TPSA) is 43.0 Å². The van der Waals surface area contributed by atoms with Crippen molar-refractivity contribution in [3.05, 3.63) is 130 Å². The molecule has 4 aromatic rings. The highest BCUT2D eigenvalue weighted by Crippen LogP contribution is 2.72. The van der Waals surface area contributed by atoms with Gasteiger partial charge in [0.25, 0.3) is 11.7 Å². The maximum atomic E-state index is 5.32. The lowest BCUT2D eigenvalue weighted by molar-refractivity contribution is -0.528. The Kier molecular flexibility index (Phi) is 13.9. The van der Waals surface area contributed by atoms with Crippen molar-refractivity contribution in [1.29, 1.82) is 0 Å². The number of nitrogens with zero attached hydrogens (tertiary/aromatic N) is 6. The number of hydrogen-bond donors (Lipinski definition) is 2. The number of benzene rings is 4. The number of para-hydroxylation sites is 2. The number of anilines is 2. The molecule has 2 spiro atoms. The van der Waals surface area contributed by atoms with Crippen LogP contribution < -0.4 is 9.96 Å². The molecule has 0 amide bonds. The second-order valence-corrected chi connectivity index (χ2v) is 67.0. The van der Waals surface area contributed by atoms with Crippen LogP contribution in [0, 0.1) is 0 Å². The van der Waals surface area contributed by atoms with E-state index < -0.39 is 47.5 Å². The van der Waals surface area contributed by atoms with Gasteiger partial charge in [-0.2, -0.15) is 0 Å². The highest BCUT2D eigenvalue weighted by Gasteiger charge is 3.22. The van der Waals surface area contributed by atoms with Crippen LogP contribution in [0.1, 0.15) is 196 Å². The van der Waals surface area contributed by atoms with Crippen molar-refractivity contribution < 1.29 is 8.48 Å². The fourth-order valence-corrected chi connectivity index (χ4v) is 143. The van der Waals surface area contributed by atoms with Gasteiger partial charge in [-0.25, -0.2) is 0 Å². The third kappa shape index (κ3) is 7.72. The maximum absolute atomic E-state index is 5.32. The Morgan fingerprint density at radius 1 is 0.392 bits per heavy atom. The normalized spacial score (nSPS) is 25.1. The third-order valence-electron chi connectivity index (χ3n) is 16.3. The monoisotopic (exact) mass is 1100 g/mol. The van der Waals surface area contributed by atoms with Crippen LogP contribution >= 0.6 is 0 Å². The third-order valence-corrected chi connectivity index (χ3v) is 87.7. The van der Waals surface area contributed by atoms with E-state index in [1.54, 1.807) is 0 Å². The molecule has 402 valence electrons. The molecule has 8 rings (SSSR count). The molecule has 0 aromatic heterocycles. The van der Waals surface area contributed by atoms with Gasteiger partial charge < -0.3 is 9.96 Å². The van der Waals surface area contributed by atoms with Crippen LogP contribution in [0.2, 0.25) is 39.3 Å². The standard InChI is InChI=1S/C60H100N8Si6/c1-43(2)49-39-33-40-50(44(3)4)53(49)61-71-67(69(21,22)23)74(65(59(15,16)17)56(66(74)60(18,19)20)48-37-31-28-32-38-48)72(71,62-54-51(45(5)6)41-34-42-52(54)46(7)8)68(70(24,25)26)73(71)63(57(9,10)11)55(64(73)58(12,13)14)47-35-29-27-30-36-47/h27-46,61-62H,1-26H3/q+2/t71-,72-/m1/s1. The summed E-state index contributed by atoms with van der Waals surface area (Å²) in [5.74, 6) is 4.18. The van der Waals surface area contributed by atoms with E-state index in [4.69, 9.17) is 9.96 Å². The highest BCUT2D eigenvalue weighted by atomic mass is 29.9. The first kappa shape index (κ1) is 56.8. The minimum absolute atomic E-state index is 0.208. The van der Waals surface area contributed by atoms with Gasteiger partial charge in [-0.1, -0.05) is 167 Å². The van der Waals surface area contributed by atoms with Gasteiger partial charge in [-0.3, -0.25) is 25.4 Å². The lowest BCUT2D eigenvalue weighted by Crippen LogP contribution is -3.35. The molecule has 0 bridgehead atoms. The largest absolute Gasteiger partial charge is 0.563 e. The Bertz CT molecular complexity index is 2610. The highest BCUT2D eigenvalue weighted by molar-refractivity contribution is 7.98. The summed E-state index contributed by atoms with van der Waals surface area (Å²) in [6.07, 6.45) is 0. The smallest absolute Gasteiger partial charge is 0.393 e. The van der Waals surface area contributed by atoms with Gasteiger partial charge in [-0.15, -0.1) is 0 Å². The van der Waals surface area contributed by atoms with E-state index in [0.29, 0.717) is 23.7 Å². The van der Waals surface area contributed by atoms with Gasteiger partial charge in [0, 0.05) is 11.4 Å². The van der Waals surface area contributed by atoms with E-state index in [1.807, 2.05) is 0 Å². The average molecular weight is 1100 g/mol. The van der Waals surface area contributed by atoms with Gasteiger partial charge in [0.1, 0.15) is 16.5 Å². The van der Waals surface area contributed by atoms with Crippen LogP contribution in [0.4, 0.5) is 11.4 Å². The van der Waals surface area contributed by atoms with E-state index in [1.165, 1.54) is 56.4 Å². The van der Waals surface area contributed by atoms with E-state index in [2.05, 4.69) is 300 Å². The Morgan fingerprint density at radius 3 is 0.851 bits per heavy atom. The van der Waals surface area contributed by atoms with Crippen molar-refractivity contribution in [2.75, 3.05) is 9.96 Å². The molecule has 2 saturated heterocycles. The summed E-state index contributed by atoms with van der Waals surface area (Å²) in [6.45, 7) is 66.9. The molecule has 8 nitrogen and oxygen atoms in total. The summed E-state index contributed by atoms with van der Waals surface area (Å²) in [7, 11) is -17.9. The lowest BCUT2D eigenvalue weighted by atomic mass is 9.93. The number of nitrogens with one attached hydrogen (secondary N) is 2. The summed E-state index contributed by atoms with van der Waals surface area (Å²) in [4.78, 5) is 10.6. The molecular formula is C60H100N8Si6+2. The van der Waals surface area contributed by atoms with Crippen LogP contribution in [0.25, 0.3) is 0 Å². The van der Waals surface area contributed by atoms with E-state index in [0.717, 1.165) is 0 Å². The fraction of sp³-hybridized carbons (Fsp3) is 0.567. The minimum Gasteiger partial charge on any atom is -0.393 e. The average Bonchev–Trinajstić information content (AvgIpc) is 3.22. The molecule has 14 heteroatoms. The molecule has 0 aliphatic carbocycles. The van der Waals surface area contributed by atoms with Gasteiger partial charge in [0.2, 0.25) is 0 Å². The summed E-state index contributed by atoms with van der Waals surface area (Å²) in [5, 5.41) is 0. The van der Waals surface area contributed by atoms with Crippen molar-refractivity contribution in [2.24, 2.45) is 0 Å². The first-order chi connectivity index (χ1) is 33.9. The van der Waals surface area contributed by atoms with Crippen LogP contribution in [0.5, 0.6) is 0 Å². The second-order valence-electron chi connectivity index (χ2n) is 29.6. The Hall–Kier alpha value is -3.36. The van der Waals surface area contributed by atoms with Gasteiger partial charge in [0.15, 0.2) is 0 Å². The molecule has 4 aliphatic rings. The Balaban J connectivity index is 1.76. The first-order valence-corrected chi connectivity index (χ1v) is 45.8. The molecule has 4 aliphatic heterocycles. The Morgan fingerprint density at radius 2 is 0.649 bits per heavy atom. The van der Waals surface area contributed by atoms with Crippen molar-refractivity contribution in [2.45, 2.75) is 224 Å². The summed E-state index contributed by atoms with van der Waals surface area (Å²) in [6, 6.07) is 37.9. The predicted molar refractivity (Wildman–Crippen MR) is 334 cm³/mol. The molecule has 4 atom stereocenters. The SMILES string of the molecule is CC(C)c1cccc(C(C)C)c1N[Si@@]12N([Si](C)(C)C)[Si@]3(N(C(C)(C)C)C(c4ccccc4)=[N+]3C(C)(C)C)[Si@]1(Nc1c(C(C)C)cccc1C(C)C)N([Si](C)(C)C)[Si@]21N(C(C)(C)C)C(c2ccccc2)=[N+]1C(C)(C)C. The van der Waals surface area contributed by atoms with Crippen LogP contribution in [-0.4, -0.2) is 107 Å². The molecule has 74 heavy (non-hydrogen) atoms. The van der Waals surface area contributed by atoms with Gasteiger partial charge in [0.05, 0.1) is 33.3 Å².